The molecule has 0 saturated carbocycles. The lowest BCUT2D eigenvalue weighted by molar-refractivity contribution is 0.0400. The Bertz CT molecular complexity index is 550. The van der Waals surface area contributed by atoms with Crippen LogP contribution in [-0.4, -0.2) is 23.4 Å². The monoisotopic (exact) mass is 275 g/mol. The number of nitrogens with two attached hydrogens (primary N) is 1. The summed E-state index contributed by atoms with van der Waals surface area (Å²) in [5.41, 5.74) is 5.71. The maximum atomic E-state index is 6.28. The largest absolute Gasteiger partial charge is 0.485 e. The third kappa shape index (κ3) is 2.81. The Labute approximate surface area is 116 Å². The molecule has 0 spiro atoms. The van der Waals surface area contributed by atoms with E-state index in [-0.39, 0.29) is 6.61 Å². The Hall–Kier alpha value is -1.92. The average molecular weight is 275 g/mol. The topological polar surface area (TPSA) is 83.4 Å². The van der Waals surface area contributed by atoms with Gasteiger partial charge in [0.15, 0.2) is 6.61 Å². The smallest absolute Gasteiger partial charge is 0.247 e. The maximum absolute atomic E-state index is 6.28. The Morgan fingerprint density at radius 2 is 1.95 bits per heavy atom. The van der Waals surface area contributed by atoms with Crippen LogP contribution in [0.2, 0.25) is 0 Å². The van der Waals surface area contributed by atoms with Gasteiger partial charge >= 0.3 is 0 Å². The second-order valence-electron chi connectivity index (χ2n) is 4.89. The summed E-state index contributed by atoms with van der Waals surface area (Å²) in [7, 11) is 0. The zero-order valence-corrected chi connectivity index (χ0v) is 11.1. The van der Waals surface area contributed by atoms with Gasteiger partial charge in [0.25, 0.3) is 0 Å². The number of ether oxygens (including phenoxy) is 2. The van der Waals surface area contributed by atoms with Crippen LogP contribution >= 0.6 is 0 Å². The molecule has 2 heterocycles. The molecule has 0 atom stereocenters. The van der Waals surface area contributed by atoms with Crippen molar-refractivity contribution in [2.24, 2.45) is 5.73 Å². The molecular weight excluding hydrogens is 258 g/mol. The first kappa shape index (κ1) is 13.1. The molecule has 1 aromatic heterocycles. The highest BCUT2D eigenvalue weighted by molar-refractivity contribution is 5.21. The summed E-state index contributed by atoms with van der Waals surface area (Å²) in [6.07, 6.45) is 1.38. The highest BCUT2D eigenvalue weighted by atomic mass is 16.5. The summed E-state index contributed by atoms with van der Waals surface area (Å²) in [6.45, 7) is 1.50. The predicted octanol–water partition coefficient (Wildman–Crippen LogP) is 1.61. The van der Waals surface area contributed by atoms with E-state index in [1.165, 1.54) is 0 Å². The van der Waals surface area contributed by atoms with Gasteiger partial charge in [0.05, 0.1) is 0 Å². The van der Waals surface area contributed by atoms with Crippen LogP contribution < -0.4 is 10.5 Å². The van der Waals surface area contributed by atoms with Crippen LogP contribution in [0.5, 0.6) is 5.75 Å². The van der Waals surface area contributed by atoms with E-state index in [2.05, 4.69) is 10.1 Å². The normalized spacial score (nSPS) is 17.9. The minimum atomic E-state index is -0.573. The molecule has 0 amide bonds. The van der Waals surface area contributed by atoms with Gasteiger partial charge in [0.2, 0.25) is 11.7 Å². The van der Waals surface area contributed by atoms with Crippen molar-refractivity contribution >= 4 is 0 Å². The van der Waals surface area contributed by atoms with Crippen molar-refractivity contribution in [1.82, 2.24) is 10.1 Å². The van der Waals surface area contributed by atoms with Crippen LogP contribution in [0.15, 0.2) is 34.9 Å². The van der Waals surface area contributed by atoms with Crippen molar-refractivity contribution in [3.05, 3.63) is 42.0 Å². The van der Waals surface area contributed by atoms with Crippen LogP contribution in [0, 0.1) is 0 Å². The van der Waals surface area contributed by atoms with Crippen molar-refractivity contribution < 1.29 is 14.0 Å². The standard InChI is InChI=1S/C14H17N3O3/c15-14(6-8-18-9-7-14)13-16-12(17-20-13)10-19-11-4-2-1-3-5-11/h1-5H,6-10,15H2. The molecule has 1 aliphatic heterocycles. The average Bonchev–Trinajstić information content (AvgIpc) is 2.97. The van der Waals surface area contributed by atoms with Crippen LogP contribution in [0.4, 0.5) is 0 Å². The Kier molecular flexibility index (Phi) is 3.66. The fourth-order valence-electron chi connectivity index (χ4n) is 2.13. The molecule has 0 radical (unpaired) electrons. The molecular formula is C14H17N3O3. The molecule has 0 bridgehead atoms. The summed E-state index contributed by atoms with van der Waals surface area (Å²) in [5, 5.41) is 3.92. The van der Waals surface area contributed by atoms with Crippen LogP contribution in [-0.2, 0) is 16.9 Å². The van der Waals surface area contributed by atoms with E-state index in [4.69, 9.17) is 19.7 Å². The maximum Gasteiger partial charge on any atom is 0.247 e. The van der Waals surface area contributed by atoms with Gasteiger partial charge in [-0.3, -0.25) is 0 Å². The number of para-hydroxylation sites is 1. The van der Waals surface area contributed by atoms with Gasteiger partial charge in [0.1, 0.15) is 11.3 Å². The fraction of sp³-hybridized carbons (Fsp3) is 0.429. The quantitative estimate of drug-likeness (QED) is 0.912. The predicted molar refractivity (Wildman–Crippen MR) is 71.0 cm³/mol. The number of hydrogen-bond donors (Lipinski definition) is 1. The van der Waals surface area contributed by atoms with Crippen molar-refractivity contribution in [2.45, 2.75) is 25.0 Å². The molecule has 1 aromatic carbocycles. The summed E-state index contributed by atoms with van der Waals surface area (Å²) >= 11 is 0. The number of hydrogen-bond acceptors (Lipinski definition) is 6. The number of aromatic nitrogens is 2. The molecule has 1 saturated heterocycles. The van der Waals surface area contributed by atoms with Crippen LogP contribution in [0.25, 0.3) is 0 Å². The molecule has 6 heteroatoms. The van der Waals surface area contributed by atoms with Gasteiger partial charge in [-0.25, -0.2) is 0 Å². The first-order valence-corrected chi connectivity index (χ1v) is 6.64. The summed E-state index contributed by atoms with van der Waals surface area (Å²) in [5.74, 6) is 1.74. The van der Waals surface area contributed by atoms with Crippen LogP contribution in [0.1, 0.15) is 24.6 Å². The second kappa shape index (κ2) is 5.60. The minimum Gasteiger partial charge on any atom is -0.485 e. The summed E-state index contributed by atoms with van der Waals surface area (Å²) in [6, 6.07) is 9.51. The number of nitrogens with zero attached hydrogens (tertiary/aromatic N) is 2. The van der Waals surface area contributed by atoms with Crippen LogP contribution in [0.3, 0.4) is 0 Å². The van der Waals surface area contributed by atoms with E-state index in [1.54, 1.807) is 0 Å². The molecule has 3 rings (SSSR count). The highest BCUT2D eigenvalue weighted by Crippen LogP contribution is 2.27. The number of benzene rings is 1. The molecule has 1 fully saturated rings. The minimum absolute atomic E-state index is 0.264. The zero-order chi connectivity index (χ0) is 13.8. The van der Waals surface area contributed by atoms with Gasteiger partial charge in [-0.05, 0) is 25.0 Å². The molecule has 0 unspecified atom stereocenters. The Balaban J connectivity index is 1.65. The lowest BCUT2D eigenvalue weighted by Gasteiger charge is -2.29. The second-order valence-corrected chi connectivity index (χ2v) is 4.89. The summed E-state index contributed by atoms with van der Waals surface area (Å²) < 4.78 is 16.2. The third-order valence-corrected chi connectivity index (χ3v) is 3.39. The van der Waals surface area contributed by atoms with Crippen molar-refractivity contribution in [1.29, 1.82) is 0 Å². The van der Waals surface area contributed by atoms with E-state index in [9.17, 15) is 0 Å². The molecule has 6 nitrogen and oxygen atoms in total. The van der Waals surface area contributed by atoms with Gasteiger partial charge < -0.3 is 19.7 Å². The molecule has 2 aromatic rings. The van der Waals surface area contributed by atoms with E-state index >= 15 is 0 Å². The van der Waals surface area contributed by atoms with E-state index in [0.717, 1.165) is 5.75 Å². The van der Waals surface area contributed by atoms with Gasteiger partial charge in [-0.1, -0.05) is 23.4 Å². The molecule has 20 heavy (non-hydrogen) atoms. The van der Waals surface area contributed by atoms with Gasteiger partial charge in [0, 0.05) is 13.2 Å². The Morgan fingerprint density at radius 3 is 2.70 bits per heavy atom. The van der Waals surface area contributed by atoms with Crippen molar-refractivity contribution in [3.63, 3.8) is 0 Å². The first-order valence-electron chi connectivity index (χ1n) is 6.64. The van der Waals surface area contributed by atoms with Crippen molar-refractivity contribution in [2.75, 3.05) is 13.2 Å². The van der Waals surface area contributed by atoms with Gasteiger partial charge in [-0.2, -0.15) is 4.98 Å². The highest BCUT2D eigenvalue weighted by Gasteiger charge is 2.35. The molecule has 2 N–H and O–H groups in total. The SMILES string of the molecule is NC1(c2nc(COc3ccccc3)no2)CCOCC1. The van der Waals surface area contributed by atoms with Gasteiger partial charge in [-0.15, -0.1) is 0 Å². The van der Waals surface area contributed by atoms with Crippen molar-refractivity contribution in [3.8, 4) is 5.75 Å². The third-order valence-electron chi connectivity index (χ3n) is 3.39. The van der Waals surface area contributed by atoms with E-state index in [1.807, 2.05) is 30.3 Å². The molecule has 106 valence electrons. The number of rotatable bonds is 4. The molecule has 0 aliphatic carbocycles. The fourth-order valence-corrected chi connectivity index (χ4v) is 2.13. The first-order chi connectivity index (χ1) is 9.76. The Morgan fingerprint density at radius 1 is 1.20 bits per heavy atom. The zero-order valence-electron chi connectivity index (χ0n) is 11.1. The van der Waals surface area contributed by atoms with E-state index in [0.29, 0.717) is 37.8 Å². The molecule has 1 aliphatic rings. The lowest BCUT2D eigenvalue weighted by Crippen LogP contribution is -2.42. The summed E-state index contributed by atoms with van der Waals surface area (Å²) in [4.78, 5) is 4.34. The lowest BCUT2D eigenvalue weighted by atomic mass is 9.91. The van der Waals surface area contributed by atoms with E-state index < -0.39 is 5.54 Å².